The molecular formula is C10HF12O3-. The number of Topliss-reactive ketones (excluding diaryl/α,β-unsaturated/α-hetero) is 1. The lowest BCUT2D eigenvalue weighted by molar-refractivity contribution is -0.453. The second-order valence-corrected chi connectivity index (χ2v) is 5.19. The molecule has 1 N–H and O–H groups in total. The predicted octanol–water partition coefficient (Wildman–Crippen LogP) is 1.74. The minimum absolute atomic E-state index is 3.84. The molecule has 1 saturated carbocycles. The topological polar surface area (TPSA) is 60.4 Å². The molecule has 0 aromatic heterocycles. The van der Waals surface area contributed by atoms with Gasteiger partial charge >= 0.3 is 35.5 Å². The van der Waals surface area contributed by atoms with Crippen LogP contribution in [0.1, 0.15) is 0 Å². The van der Waals surface area contributed by atoms with Gasteiger partial charge in [0.25, 0.3) is 0 Å². The maximum absolute atomic E-state index is 13.6. The third-order valence-electron chi connectivity index (χ3n) is 3.87. The van der Waals surface area contributed by atoms with Gasteiger partial charge in [0, 0.05) is 5.57 Å². The molecule has 1 unspecified atom stereocenters. The summed E-state index contributed by atoms with van der Waals surface area (Å²) in [5.41, 5.74) is -10.5. The average molecular weight is 397 g/mol. The molecule has 1 atom stereocenters. The Morgan fingerprint density at radius 1 is 0.640 bits per heavy atom. The molecule has 2 rings (SSSR count). The van der Waals surface area contributed by atoms with Crippen molar-refractivity contribution in [1.82, 2.24) is 0 Å². The molecule has 0 radical (unpaired) electrons. The van der Waals surface area contributed by atoms with E-state index in [2.05, 4.69) is 0 Å². The van der Waals surface area contributed by atoms with Crippen LogP contribution in [0.2, 0.25) is 0 Å². The quantitative estimate of drug-likeness (QED) is 0.634. The number of aliphatic hydroxyl groups is 1. The Kier molecular flexibility index (Phi) is 3.28. The molecule has 0 saturated heterocycles. The highest BCUT2D eigenvalue weighted by atomic mass is 19.4. The third-order valence-corrected chi connectivity index (χ3v) is 3.87. The van der Waals surface area contributed by atoms with Crippen LogP contribution in [0.25, 0.3) is 0 Å². The first-order valence-corrected chi connectivity index (χ1v) is 5.65. The molecular weight excluding hydrogens is 396 g/mol. The molecule has 0 spiro atoms. The molecule has 3 nitrogen and oxygen atoms in total. The number of hydrogen-bond acceptors (Lipinski definition) is 3. The minimum atomic E-state index is -7.31. The van der Waals surface area contributed by atoms with E-state index in [-0.39, 0.29) is 0 Å². The standard InChI is InChI=1S/C10H2F12O3/c11-5(12)2(23)1-3(24)6(13,14)10(21,22)8(17,18)4(1,25)7(15,16)9(5,19)20/h23,25H/p-1. The summed E-state index contributed by atoms with van der Waals surface area (Å²) >= 11 is 0. The van der Waals surface area contributed by atoms with Gasteiger partial charge < -0.3 is 10.2 Å². The van der Waals surface area contributed by atoms with E-state index < -0.39 is 58.3 Å². The summed E-state index contributed by atoms with van der Waals surface area (Å²) < 4.78 is 160. The molecule has 0 amide bonds. The molecule has 15 heteroatoms. The van der Waals surface area contributed by atoms with Gasteiger partial charge in [-0.25, -0.2) is 0 Å². The van der Waals surface area contributed by atoms with Crippen molar-refractivity contribution in [1.29, 1.82) is 0 Å². The van der Waals surface area contributed by atoms with Gasteiger partial charge in [0.05, 0.1) is 0 Å². The van der Waals surface area contributed by atoms with Crippen molar-refractivity contribution in [2.24, 2.45) is 0 Å². The number of allylic oxidation sites excluding steroid dienone is 1. The van der Waals surface area contributed by atoms with Gasteiger partial charge in [0.1, 0.15) is 0 Å². The Bertz CT molecular complexity index is 693. The van der Waals surface area contributed by atoms with Crippen molar-refractivity contribution >= 4 is 5.78 Å². The predicted molar refractivity (Wildman–Crippen MR) is 46.7 cm³/mol. The summed E-state index contributed by atoms with van der Waals surface area (Å²) in [4.78, 5) is 11.1. The first kappa shape index (κ1) is 19.7. The van der Waals surface area contributed by atoms with Gasteiger partial charge in [-0.05, 0) is 5.76 Å². The summed E-state index contributed by atoms with van der Waals surface area (Å²) in [6, 6.07) is 0. The van der Waals surface area contributed by atoms with E-state index in [1.54, 1.807) is 0 Å². The molecule has 1 fully saturated rings. The number of carbonyl (C=O) groups excluding carboxylic acids is 1. The molecule has 2 aliphatic rings. The number of rotatable bonds is 0. The van der Waals surface area contributed by atoms with E-state index in [0.29, 0.717) is 0 Å². The Balaban J connectivity index is 3.11. The van der Waals surface area contributed by atoms with Crippen LogP contribution in [0.4, 0.5) is 52.7 Å². The molecule has 0 aromatic carbocycles. The van der Waals surface area contributed by atoms with Gasteiger partial charge in [-0.3, -0.25) is 4.79 Å². The van der Waals surface area contributed by atoms with Crippen molar-refractivity contribution in [3.05, 3.63) is 11.3 Å². The molecule has 0 heterocycles. The van der Waals surface area contributed by atoms with Crippen LogP contribution in [0.15, 0.2) is 11.3 Å². The highest BCUT2D eigenvalue weighted by Crippen LogP contribution is 2.69. The fraction of sp³-hybridized carbons (Fsp3) is 0.700. The zero-order valence-corrected chi connectivity index (χ0v) is 10.8. The molecule has 0 aliphatic heterocycles. The van der Waals surface area contributed by atoms with Crippen LogP contribution in [0.5, 0.6) is 0 Å². The van der Waals surface area contributed by atoms with Crippen molar-refractivity contribution in [3.8, 4) is 0 Å². The van der Waals surface area contributed by atoms with Gasteiger partial charge in [-0.2, -0.15) is 52.7 Å². The Morgan fingerprint density at radius 3 is 1.32 bits per heavy atom. The SMILES string of the molecule is O=C1C2=C([O-])C(F)(F)C(F)(F)C(F)(F)C2(O)C(F)(F)C(F)(F)C1(F)F. The van der Waals surface area contributed by atoms with Crippen molar-refractivity contribution in [3.63, 3.8) is 0 Å². The molecule has 25 heavy (non-hydrogen) atoms. The van der Waals surface area contributed by atoms with E-state index in [9.17, 15) is 62.6 Å². The number of carbonyl (C=O) groups is 1. The number of halogens is 12. The zero-order chi connectivity index (χ0) is 20.2. The summed E-state index contributed by atoms with van der Waals surface area (Å²) in [7, 11) is 0. The van der Waals surface area contributed by atoms with Gasteiger partial charge in [0.15, 0.2) is 0 Å². The first-order valence-electron chi connectivity index (χ1n) is 5.65. The second-order valence-electron chi connectivity index (χ2n) is 5.19. The number of fused-ring (bicyclic) bond motifs is 1. The van der Waals surface area contributed by atoms with E-state index in [0.717, 1.165) is 0 Å². The lowest BCUT2D eigenvalue weighted by atomic mass is 9.63. The fourth-order valence-corrected chi connectivity index (χ4v) is 2.39. The fourth-order valence-electron chi connectivity index (χ4n) is 2.39. The van der Waals surface area contributed by atoms with Gasteiger partial charge in [-0.15, -0.1) is 0 Å². The van der Waals surface area contributed by atoms with E-state index in [4.69, 9.17) is 5.11 Å². The average Bonchev–Trinajstić information content (AvgIpc) is 2.43. The normalized spacial score (nSPS) is 36.8. The van der Waals surface area contributed by atoms with Crippen molar-refractivity contribution < 1.29 is 67.7 Å². The van der Waals surface area contributed by atoms with Gasteiger partial charge in [0.2, 0.25) is 11.4 Å². The first-order chi connectivity index (χ1) is 10.7. The van der Waals surface area contributed by atoms with Crippen LogP contribution >= 0.6 is 0 Å². The van der Waals surface area contributed by atoms with Crippen LogP contribution in [0, 0.1) is 0 Å². The van der Waals surface area contributed by atoms with Crippen molar-refractivity contribution in [2.45, 2.75) is 41.1 Å². The van der Waals surface area contributed by atoms with E-state index in [1.165, 1.54) is 0 Å². The van der Waals surface area contributed by atoms with Crippen LogP contribution < -0.4 is 5.11 Å². The minimum Gasteiger partial charge on any atom is -0.871 e. The number of alkyl halides is 12. The lowest BCUT2D eigenvalue weighted by Crippen LogP contribution is -2.84. The van der Waals surface area contributed by atoms with Crippen molar-refractivity contribution in [2.75, 3.05) is 0 Å². The molecule has 144 valence electrons. The van der Waals surface area contributed by atoms with Gasteiger partial charge in [-0.1, -0.05) is 0 Å². The Morgan fingerprint density at radius 2 is 0.960 bits per heavy atom. The smallest absolute Gasteiger partial charge is 0.383 e. The Hall–Kier alpha value is -1.67. The van der Waals surface area contributed by atoms with E-state index in [1.807, 2.05) is 0 Å². The summed E-state index contributed by atoms with van der Waals surface area (Å²) in [6.45, 7) is 0. The summed E-state index contributed by atoms with van der Waals surface area (Å²) in [6.07, 6.45) is 0. The van der Waals surface area contributed by atoms with E-state index >= 15 is 0 Å². The number of hydrogen-bond donors (Lipinski definition) is 1. The highest BCUT2D eigenvalue weighted by molar-refractivity contribution is 6.06. The monoisotopic (exact) mass is 397 g/mol. The van der Waals surface area contributed by atoms with Crippen LogP contribution in [0.3, 0.4) is 0 Å². The summed E-state index contributed by atoms with van der Waals surface area (Å²) in [5, 5.41) is 20.2. The molecule has 2 aliphatic carbocycles. The maximum atomic E-state index is 13.6. The van der Waals surface area contributed by atoms with Crippen LogP contribution in [-0.4, -0.2) is 52.0 Å². The number of ketones is 1. The largest absolute Gasteiger partial charge is 0.871 e. The zero-order valence-electron chi connectivity index (χ0n) is 10.8. The third kappa shape index (κ3) is 1.50. The second kappa shape index (κ2) is 4.17. The molecule has 0 aromatic rings. The maximum Gasteiger partial charge on any atom is 0.383 e. The highest BCUT2D eigenvalue weighted by Gasteiger charge is 2.97. The lowest BCUT2D eigenvalue weighted by Gasteiger charge is -2.56. The Labute approximate surface area is 127 Å². The van der Waals surface area contributed by atoms with Crippen LogP contribution in [-0.2, 0) is 4.79 Å². The summed E-state index contributed by atoms with van der Waals surface area (Å²) in [5.74, 6) is -50.6. The molecule has 0 bridgehead atoms.